The first-order valence-electron chi connectivity index (χ1n) is 8.74. The Morgan fingerprint density at radius 1 is 1.08 bits per heavy atom. The third-order valence-electron chi connectivity index (χ3n) is 4.87. The Hall–Kier alpha value is -2.34. The number of nitrogens with one attached hydrogen (secondary N) is 2. The maximum Gasteiger partial charge on any atom is 0.228 e. The van der Waals surface area contributed by atoms with Gasteiger partial charge in [0.15, 0.2) is 5.82 Å². The van der Waals surface area contributed by atoms with E-state index < -0.39 is 0 Å². The molecule has 1 saturated carbocycles. The SMILES string of the molecule is Cc1cc(NC(=O)C2CCC(C(=O)Nc3cccc(Cl)c3C)CC2)no1. The van der Waals surface area contributed by atoms with Crippen molar-refractivity contribution in [1.29, 1.82) is 0 Å². The molecule has 2 N–H and O–H groups in total. The lowest BCUT2D eigenvalue weighted by Crippen LogP contribution is -2.32. The van der Waals surface area contributed by atoms with Gasteiger partial charge in [-0.1, -0.05) is 22.8 Å². The number of amides is 2. The largest absolute Gasteiger partial charge is 0.360 e. The van der Waals surface area contributed by atoms with Crippen LogP contribution in [0.3, 0.4) is 0 Å². The van der Waals surface area contributed by atoms with E-state index in [4.69, 9.17) is 16.1 Å². The summed E-state index contributed by atoms with van der Waals surface area (Å²) >= 11 is 6.10. The van der Waals surface area contributed by atoms with Crippen LogP contribution in [0.25, 0.3) is 0 Å². The summed E-state index contributed by atoms with van der Waals surface area (Å²) in [6.45, 7) is 3.65. The van der Waals surface area contributed by atoms with Crippen molar-refractivity contribution in [3.8, 4) is 0 Å². The van der Waals surface area contributed by atoms with Gasteiger partial charge in [0.25, 0.3) is 0 Å². The molecule has 0 atom stereocenters. The van der Waals surface area contributed by atoms with Crippen molar-refractivity contribution >= 4 is 34.9 Å². The molecule has 0 bridgehead atoms. The van der Waals surface area contributed by atoms with E-state index in [1.54, 1.807) is 19.1 Å². The van der Waals surface area contributed by atoms with E-state index in [-0.39, 0.29) is 23.7 Å². The maximum atomic E-state index is 12.5. The number of benzene rings is 1. The standard InChI is InChI=1S/C19H22ClN3O3/c1-11-10-17(23-26-11)22-19(25)14-8-6-13(7-9-14)18(24)21-16-5-3-4-15(20)12(16)2/h3-5,10,13-14H,6-9H2,1-2H3,(H,21,24)(H,22,23,25). The molecule has 1 aromatic carbocycles. The van der Waals surface area contributed by atoms with Gasteiger partial charge in [-0.2, -0.15) is 0 Å². The third kappa shape index (κ3) is 4.25. The average Bonchev–Trinajstić information content (AvgIpc) is 3.04. The lowest BCUT2D eigenvalue weighted by molar-refractivity contribution is -0.125. The van der Waals surface area contributed by atoms with Crippen molar-refractivity contribution in [2.45, 2.75) is 39.5 Å². The lowest BCUT2D eigenvalue weighted by Gasteiger charge is -2.27. The Morgan fingerprint density at radius 2 is 1.69 bits per heavy atom. The molecule has 138 valence electrons. The van der Waals surface area contributed by atoms with Crippen LogP contribution >= 0.6 is 11.6 Å². The first-order chi connectivity index (χ1) is 12.4. The van der Waals surface area contributed by atoms with Crippen molar-refractivity contribution < 1.29 is 14.1 Å². The predicted octanol–water partition coefficient (Wildman–Crippen LogP) is 4.33. The Labute approximate surface area is 157 Å². The number of hydrogen-bond donors (Lipinski definition) is 2. The summed E-state index contributed by atoms with van der Waals surface area (Å²) in [5, 5.41) is 10.1. The fourth-order valence-electron chi connectivity index (χ4n) is 3.25. The van der Waals surface area contributed by atoms with Crippen LogP contribution in [0.15, 0.2) is 28.8 Å². The highest BCUT2D eigenvalue weighted by atomic mass is 35.5. The highest BCUT2D eigenvalue weighted by Crippen LogP contribution is 2.31. The minimum atomic E-state index is -0.107. The number of hydrogen-bond acceptors (Lipinski definition) is 4. The number of rotatable bonds is 4. The lowest BCUT2D eigenvalue weighted by atomic mass is 9.81. The minimum Gasteiger partial charge on any atom is -0.360 e. The monoisotopic (exact) mass is 375 g/mol. The van der Waals surface area contributed by atoms with E-state index >= 15 is 0 Å². The van der Waals surface area contributed by atoms with E-state index in [0.717, 1.165) is 11.3 Å². The molecule has 3 rings (SSSR count). The molecule has 2 amide bonds. The highest BCUT2D eigenvalue weighted by molar-refractivity contribution is 6.31. The number of aryl methyl sites for hydroxylation is 1. The second kappa shape index (κ2) is 7.91. The van der Waals surface area contributed by atoms with E-state index in [1.165, 1.54) is 0 Å². The van der Waals surface area contributed by atoms with Crippen LogP contribution in [0.4, 0.5) is 11.5 Å². The summed E-state index contributed by atoms with van der Waals surface area (Å²) < 4.78 is 4.95. The van der Waals surface area contributed by atoms with Gasteiger partial charge in [-0.25, -0.2) is 0 Å². The molecular weight excluding hydrogens is 354 g/mol. The minimum absolute atomic E-state index is 0.0126. The molecular formula is C19H22ClN3O3. The second-order valence-electron chi connectivity index (χ2n) is 6.76. The molecule has 1 fully saturated rings. The van der Waals surface area contributed by atoms with Gasteiger partial charge in [-0.05, 0) is 57.2 Å². The van der Waals surface area contributed by atoms with Gasteiger partial charge in [0.05, 0.1) is 0 Å². The van der Waals surface area contributed by atoms with Crippen LogP contribution in [0, 0.1) is 25.7 Å². The van der Waals surface area contributed by atoms with Crippen LogP contribution in [0.1, 0.15) is 37.0 Å². The number of anilines is 2. The first-order valence-corrected chi connectivity index (χ1v) is 9.12. The van der Waals surface area contributed by atoms with Crippen LogP contribution in [-0.2, 0) is 9.59 Å². The van der Waals surface area contributed by atoms with Crippen LogP contribution in [0.2, 0.25) is 5.02 Å². The Balaban J connectivity index is 1.52. The van der Waals surface area contributed by atoms with Gasteiger partial charge >= 0.3 is 0 Å². The number of aromatic nitrogens is 1. The van der Waals surface area contributed by atoms with Crippen molar-refractivity contribution in [3.63, 3.8) is 0 Å². The summed E-state index contributed by atoms with van der Waals surface area (Å²) in [4.78, 5) is 24.8. The van der Waals surface area contributed by atoms with Gasteiger partial charge in [-0.3, -0.25) is 9.59 Å². The quantitative estimate of drug-likeness (QED) is 0.833. The highest BCUT2D eigenvalue weighted by Gasteiger charge is 2.30. The summed E-state index contributed by atoms with van der Waals surface area (Å²) in [5.41, 5.74) is 1.60. The zero-order chi connectivity index (χ0) is 18.7. The molecule has 1 aromatic heterocycles. The Kier molecular flexibility index (Phi) is 5.61. The number of halogens is 1. The average molecular weight is 376 g/mol. The van der Waals surface area contributed by atoms with E-state index in [9.17, 15) is 9.59 Å². The summed E-state index contributed by atoms with van der Waals surface area (Å²) in [6.07, 6.45) is 2.72. The van der Waals surface area contributed by atoms with Crippen molar-refractivity contribution in [2.24, 2.45) is 11.8 Å². The van der Waals surface area contributed by atoms with Crippen LogP contribution in [0.5, 0.6) is 0 Å². The van der Waals surface area contributed by atoms with Gasteiger partial charge in [-0.15, -0.1) is 0 Å². The van der Waals surface area contributed by atoms with Crippen molar-refractivity contribution in [3.05, 3.63) is 40.6 Å². The van der Waals surface area contributed by atoms with Gasteiger partial charge in [0.2, 0.25) is 11.8 Å². The third-order valence-corrected chi connectivity index (χ3v) is 5.28. The maximum absolute atomic E-state index is 12.5. The second-order valence-corrected chi connectivity index (χ2v) is 7.17. The summed E-state index contributed by atoms with van der Waals surface area (Å²) in [5.74, 6) is 0.806. The van der Waals surface area contributed by atoms with Gasteiger partial charge in [0.1, 0.15) is 5.76 Å². The number of nitrogens with zero attached hydrogens (tertiary/aromatic N) is 1. The number of carbonyl (C=O) groups excluding carboxylic acids is 2. The zero-order valence-electron chi connectivity index (χ0n) is 14.8. The molecule has 0 saturated heterocycles. The van der Waals surface area contributed by atoms with Crippen LogP contribution < -0.4 is 10.6 Å². The molecule has 1 aliphatic rings. The fourth-order valence-corrected chi connectivity index (χ4v) is 3.42. The van der Waals surface area contributed by atoms with Gasteiger partial charge in [0, 0.05) is 28.6 Å². The van der Waals surface area contributed by atoms with Crippen molar-refractivity contribution in [1.82, 2.24) is 5.16 Å². The molecule has 1 aliphatic carbocycles. The molecule has 1 heterocycles. The summed E-state index contributed by atoms with van der Waals surface area (Å²) in [6, 6.07) is 7.15. The van der Waals surface area contributed by atoms with Crippen molar-refractivity contribution in [2.75, 3.05) is 10.6 Å². The summed E-state index contributed by atoms with van der Waals surface area (Å²) in [7, 11) is 0. The molecule has 2 aromatic rings. The van der Waals surface area contributed by atoms with Gasteiger partial charge < -0.3 is 15.2 Å². The zero-order valence-corrected chi connectivity index (χ0v) is 15.6. The molecule has 0 radical (unpaired) electrons. The Bertz CT molecular complexity index is 810. The molecule has 6 nitrogen and oxygen atoms in total. The number of carbonyl (C=O) groups is 2. The topological polar surface area (TPSA) is 84.2 Å². The molecule has 0 unspecified atom stereocenters. The molecule has 7 heteroatoms. The van der Waals surface area contributed by atoms with E-state index in [2.05, 4.69) is 15.8 Å². The predicted molar refractivity (Wildman–Crippen MR) is 100 cm³/mol. The molecule has 0 spiro atoms. The fraction of sp³-hybridized carbons (Fsp3) is 0.421. The van der Waals surface area contributed by atoms with Crippen LogP contribution in [-0.4, -0.2) is 17.0 Å². The van der Waals surface area contributed by atoms with E-state index in [0.29, 0.717) is 42.3 Å². The normalized spacial score (nSPS) is 19.8. The Morgan fingerprint density at radius 3 is 2.27 bits per heavy atom. The smallest absolute Gasteiger partial charge is 0.228 e. The first kappa shape index (κ1) is 18.5. The molecule has 0 aliphatic heterocycles. The van der Waals surface area contributed by atoms with E-state index in [1.807, 2.05) is 19.1 Å². The molecule has 26 heavy (non-hydrogen) atoms.